The molecule has 1 heterocycles. The molecule has 1 aliphatic heterocycles. The number of hydrogen-bond donors (Lipinski definition) is 2. The number of ether oxygens (including phenoxy) is 1. The Morgan fingerprint density at radius 2 is 1.71 bits per heavy atom. The zero-order valence-corrected chi connectivity index (χ0v) is 10.8. The van der Waals surface area contributed by atoms with Crippen molar-refractivity contribution in [2.75, 3.05) is 33.3 Å². The fourth-order valence-corrected chi connectivity index (χ4v) is 2.38. The molecule has 3 heteroatoms. The summed E-state index contributed by atoms with van der Waals surface area (Å²) in [6.07, 6.45) is 1.09. The molecule has 17 heavy (non-hydrogen) atoms. The van der Waals surface area contributed by atoms with Gasteiger partial charge < -0.3 is 15.4 Å². The fraction of sp³-hybridized carbons (Fsp3) is 0.571. The van der Waals surface area contributed by atoms with E-state index in [1.165, 1.54) is 5.56 Å². The van der Waals surface area contributed by atoms with Crippen molar-refractivity contribution >= 4 is 0 Å². The van der Waals surface area contributed by atoms with Gasteiger partial charge in [0.1, 0.15) is 5.75 Å². The smallest absolute Gasteiger partial charge is 0.118 e. The Balaban J connectivity index is 2.02. The lowest BCUT2D eigenvalue weighted by molar-refractivity contribution is 0.314. The van der Waals surface area contributed by atoms with Gasteiger partial charge in [-0.1, -0.05) is 19.1 Å². The lowest BCUT2D eigenvalue weighted by Gasteiger charge is -2.28. The van der Waals surface area contributed by atoms with Crippen molar-refractivity contribution in [3.63, 3.8) is 0 Å². The third-order valence-electron chi connectivity index (χ3n) is 3.37. The van der Waals surface area contributed by atoms with Crippen molar-refractivity contribution in [2.45, 2.75) is 13.3 Å². The topological polar surface area (TPSA) is 33.3 Å². The highest BCUT2D eigenvalue weighted by molar-refractivity contribution is 5.28. The molecule has 1 fully saturated rings. The van der Waals surface area contributed by atoms with Crippen LogP contribution >= 0.6 is 0 Å². The molecule has 2 rings (SSSR count). The maximum absolute atomic E-state index is 5.18. The summed E-state index contributed by atoms with van der Waals surface area (Å²) in [5.41, 5.74) is 1.67. The molecule has 0 unspecified atom stereocenters. The van der Waals surface area contributed by atoms with Gasteiger partial charge in [0.25, 0.3) is 0 Å². The standard InChI is InChI=1S/C14H22N2O/c1-14(10-15-7-8-16-11-14)9-12-3-5-13(17-2)6-4-12/h3-6,15-16H,7-11H2,1-2H3. The van der Waals surface area contributed by atoms with Gasteiger partial charge >= 0.3 is 0 Å². The second-order valence-electron chi connectivity index (χ2n) is 5.19. The summed E-state index contributed by atoms with van der Waals surface area (Å²) < 4.78 is 5.18. The summed E-state index contributed by atoms with van der Waals surface area (Å²) in [5, 5.41) is 6.99. The van der Waals surface area contributed by atoms with E-state index >= 15 is 0 Å². The van der Waals surface area contributed by atoms with E-state index < -0.39 is 0 Å². The lowest BCUT2D eigenvalue weighted by atomic mass is 9.83. The number of benzene rings is 1. The number of rotatable bonds is 3. The Morgan fingerprint density at radius 1 is 1.12 bits per heavy atom. The van der Waals surface area contributed by atoms with E-state index in [0.717, 1.165) is 38.3 Å². The Kier molecular flexibility index (Phi) is 4.02. The minimum absolute atomic E-state index is 0.297. The molecule has 1 aromatic rings. The molecule has 0 spiro atoms. The molecular weight excluding hydrogens is 212 g/mol. The second kappa shape index (κ2) is 5.52. The van der Waals surface area contributed by atoms with Crippen molar-refractivity contribution < 1.29 is 4.74 Å². The van der Waals surface area contributed by atoms with E-state index in [1.54, 1.807) is 7.11 Å². The lowest BCUT2D eigenvalue weighted by Crippen LogP contribution is -2.37. The predicted molar refractivity (Wildman–Crippen MR) is 70.5 cm³/mol. The summed E-state index contributed by atoms with van der Waals surface area (Å²) in [6, 6.07) is 8.40. The van der Waals surface area contributed by atoms with Gasteiger partial charge in [0.05, 0.1) is 7.11 Å². The molecule has 1 aliphatic rings. The number of hydrogen-bond acceptors (Lipinski definition) is 3. The van der Waals surface area contributed by atoms with Crippen LogP contribution < -0.4 is 15.4 Å². The third kappa shape index (κ3) is 3.45. The average molecular weight is 234 g/mol. The summed E-state index contributed by atoms with van der Waals surface area (Å²) in [5.74, 6) is 0.927. The molecule has 94 valence electrons. The van der Waals surface area contributed by atoms with Gasteiger partial charge in [-0.25, -0.2) is 0 Å². The summed E-state index contributed by atoms with van der Waals surface area (Å²) in [4.78, 5) is 0. The van der Waals surface area contributed by atoms with Crippen LogP contribution in [0.5, 0.6) is 5.75 Å². The molecule has 0 saturated carbocycles. The van der Waals surface area contributed by atoms with Gasteiger partial charge in [-0.2, -0.15) is 0 Å². The maximum atomic E-state index is 5.18. The highest BCUT2D eigenvalue weighted by atomic mass is 16.5. The van der Waals surface area contributed by atoms with Crippen LogP contribution in [0.3, 0.4) is 0 Å². The van der Waals surface area contributed by atoms with Gasteiger partial charge in [-0.15, -0.1) is 0 Å². The molecule has 3 nitrogen and oxygen atoms in total. The molecule has 0 aromatic heterocycles. The number of methoxy groups -OCH3 is 1. The molecule has 0 radical (unpaired) electrons. The first-order chi connectivity index (χ1) is 8.22. The number of nitrogens with one attached hydrogen (secondary N) is 2. The molecule has 0 atom stereocenters. The summed E-state index contributed by atoms with van der Waals surface area (Å²) in [7, 11) is 1.70. The van der Waals surface area contributed by atoms with Crippen molar-refractivity contribution in [1.82, 2.24) is 10.6 Å². The van der Waals surface area contributed by atoms with Crippen molar-refractivity contribution in [2.24, 2.45) is 5.41 Å². The van der Waals surface area contributed by atoms with Gasteiger partial charge in [-0.3, -0.25) is 0 Å². The van der Waals surface area contributed by atoms with Gasteiger partial charge in [-0.05, 0) is 29.5 Å². The van der Waals surface area contributed by atoms with E-state index in [0.29, 0.717) is 5.41 Å². The first kappa shape index (κ1) is 12.4. The molecular formula is C14H22N2O. The van der Waals surface area contributed by atoms with Gasteiger partial charge in [0.2, 0.25) is 0 Å². The van der Waals surface area contributed by atoms with Crippen LogP contribution in [0.15, 0.2) is 24.3 Å². The van der Waals surface area contributed by atoms with Crippen LogP contribution in [-0.4, -0.2) is 33.3 Å². The Morgan fingerprint density at radius 3 is 2.24 bits per heavy atom. The highest BCUT2D eigenvalue weighted by Crippen LogP contribution is 2.23. The van der Waals surface area contributed by atoms with Gasteiger partial charge in [0.15, 0.2) is 0 Å². The van der Waals surface area contributed by atoms with Crippen LogP contribution in [0.4, 0.5) is 0 Å². The summed E-state index contributed by atoms with van der Waals surface area (Å²) in [6.45, 7) is 6.62. The zero-order valence-electron chi connectivity index (χ0n) is 10.8. The third-order valence-corrected chi connectivity index (χ3v) is 3.37. The van der Waals surface area contributed by atoms with E-state index in [-0.39, 0.29) is 0 Å². The molecule has 0 amide bonds. The molecule has 0 aliphatic carbocycles. The van der Waals surface area contributed by atoms with Crippen molar-refractivity contribution in [1.29, 1.82) is 0 Å². The van der Waals surface area contributed by atoms with E-state index in [1.807, 2.05) is 12.1 Å². The zero-order chi connectivity index (χ0) is 12.1. The van der Waals surface area contributed by atoms with E-state index in [4.69, 9.17) is 4.74 Å². The molecule has 0 bridgehead atoms. The van der Waals surface area contributed by atoms with Crippen molar-refractivity contribution in [3.05, 3.63) is 29.8 Å². The normalized spacial score (nSPS) is 19.6. The maximum Gasteiger partial charge on any atom is 0.118 e. The van der Waals surface area contributed by atoms with E-state index in [2.05, 4.69) is 29.7 Å². The Labute approximate surface area is 104 Å². The largest absolute Gasteiger partial charge is 0.497 e. The second-order valence-corrected chi connectivity index (χ2v) is 5.19. The van der Waals surface area contributed by atoms with Gasteiger partial charge in [0, 0.05) is 26.2 Å². The minimum atomic E-state index is 0.297. The highest BCUT2D eigenvalue weighted by Gasteiger charge is 2.25. The monoisotopic (exact) mass is 234 g/mol. The quantitative estimate of drug-likeness (QED) is 0.830. The predicted octanol–water partition coefficient (Wildman–Crippen LogP) is 1.44. The SMILES string of the molecule is COc1ccc(CC2(C)CNCCNC2)cc1. The Bertz CT molecular complexity index is 340. The van der Waals surface area contributed by atoms with Crippen LogP contribution in [0.25, 0.3) is 0 Å². The van der Waals surface area contributed by atoms with E-state index in [9.17, 15) is 0 Å². The van der Waals surface area contributed by atoms with Crippen molar-refractivity contribution in [3.8, 4) is 5.75 Å². The Hall–Kier alpha value is -1.06. The minimum Gasteiger partial charge on any atom is -0.497 e. The first-order valence-corrected chi connectivity index (χ1v) is 6.26. The van der Waals surface area contributed by atoms with Crippen LogP contribution in [0, 0.1) is 5.41 Å². The molecule has 1 aromatic carbocycles. The summed E-state index contributed by atoms with van der Waals surface area (Å²) >= 11 is 0. The fourth-order valence-electron chi connectivity index (χ4n) is 2.38. The molecule has 2 N–H and O–H groups in total. The average Bonchev–Trinajstić information content (AvgIpc) is 2.55. The van der Waals surface area contributed by atoms with Crippen LogP contribution in [0.2, 0.25) is 0 Å². The van der Waals surface area contributed by atoms with Crippen LogP contribution in [0.1, 0.15) is 12.5 Å². The first-order valence-electron chi connectivity index (χ1n) is 6.26. The molecule has 1 saturated heterocycles. The van der Waals surface area contributed by atoms with Crippen LogP contribution in [-0.2, 0) is 6.42 Å².